The monoisotopic (exact) mass is 305 g/mol. The van der Waals surface area contributed by atoms with E-state index in [-0.39, 0.29) is 5.78 Å². The minimum atomic E-state index is -0.392. The molecule has 1 fully saturated rings. The number of nitrogens with zero attached hydrogens (tertiary/aromatic N) is 1. The maximum atomic E-state index is 13.0. The Morgan fingerprint density at radius 2 is 1.70 bits per heavy atom. The summed E-state index contributed by atoms with van der Waals surface area (Å²) >= 11 is 0. The number of benzene rings is 2. The second-order valence-corrected chi connectivity index (χ2v) is 6.63. The number of anilines is 1. The Hall–Kier alpha value is -2.35. The Morgan fingerprint density at radius 1 is 1.04 bits per heavy atom. The Bertz CT molecular complexity index is 730. The van der Waals surface area contributed by atoms with Crippen LogP contribution in [-0.4, -0.2) is 12.8 Å². The van der Waals surface area contributed by atoms with Crippen LogP contribution in [0, 0.1) is 6.92 Å². The van der Waals surface area contributed by atoms with Crippen molar-refractivity contribution >= 4 is 11.5 Å². The van der Waals surface area contributed by atoms with Gasteiger partial charge in [0.25, 0.3) is 0 Å². The van der Waals surface area contributed by atoms with Crippen molar-refractivity contribution in [3.05, 3.63) is 77.5 Å². The van der Waals surface area contributed by atoms with Crippen molar-refractivity contribution in [3.63, 3.8) is 0 Å². The number of aryl methyl sites for hydroxylation is 1. The predicted octanol–water partition coefficient (Wildman–Crippen LogP) is 4.64. The fourth-order valence-corrected chi connectivity index (χ4v) is 3.26. The van der Waals surface area contributed by atoms with Crippen LogP contribution in [-0.2, 0) is 10.2 Å². The molecule has 0 amide bonds. The number of carbonyl (C=O) groups is 1. The second-order valence-electron chi connectivity index (χ2n) is 6.63. The Kier molecular flexibility index (Phi) is 4.08. The highest BCUT2D eigenvalue weighted by Gasteiger charge is 2.42. The van der Waals surface area contributed by atoms with E-state index in [4.69, 9.17) is 0 Å². The standard InChI is InChI=1S/C21H23NO/c1-16-9-11-18(12-10-16)21(2)14-13-17(20(21)23)15-22(3)19-7-5-4-6-8-19/h4-12,15H,13-14H2,1-3H3. The van der Waals surface area contributed by atoms with Crippen LogP contribution in [0.5, 0.6) is 0 Å². The number of carbonyl (C=O) groups excluding carboxylic acids is 1. The SMILES string of the molecule is Cc1ccc(C2(C)CCC(=CN(C)c3ccccc3)C2=O)cc1. The average molecular weight is 305 g/mol. The van der Waals surface area contributed by atoms with E-state index in [9.17, 15) is 4.79 Å². The zero-order valence-electron chi connectivity index (χ0n) is 14.0. The molecule has 0 heterocycles. The number of rotatable bonds is 3. The van der Waals surface area contributed by atoms with Gasteiger partial charge in [0.1, 0.15) is 0 Å². The molecule has 0 saturated heterocycles. The highest BCUT2D eigenvalue weighted by molar-refractivity contribution is 6.05. The van der Waals surface area contributed by atoms with E-state index in [1.807, 2.05) is 36.3 Å². The van der Waals surface area contributed by atoms with Crippen molar-refractivity contribution in [1.29, 1.82) is 0 Å². The van der Waals surface area contributed by atoms with Gasteiger partial charge in [-0.05, 0) is 44.4 Å². The van der Waals surface area contributed by atoms with Crippen LogP contribution in [0.1, 0.15) is 30.9 Å². The molecule has 2 heteroatoms. The van der Waals surface area contributed by atoms with Crippen molar-refractivity contribution in [2.45, 2.75) is 32.1 Å². The molecule has 0 aliphatic heterocycles. The predicted molar refractivity (Wildman–Crippen MR) is 95.7 cm³/mol. The van der Waals surface area contributed by atoms with Gasteiger partial charge in [-0.25, -0.2) is 0 Å². The molecule has 0 N–H and O–H groups in total. The van der Waals surface area contributed by atoms with Gasteiger partial charge in [-0.15, -0.1) is 0 Å². The first kappa shape index (κ1) is 15.5. The minimum Gasteiger partial charge on any atom is -0.351 e. The largest absolute Gasteiger partial charge is 0.351 e. The summed E-state index contributed by atoms with van der Waals surface area (Å²) in [6, 6.07) is 18.5. The summed E-state index contributed by atoms with van der Waals surface area (Å²) in [5.41, 5.74) is 3.97. The van der Waals surface area contributed by atoms with Gasteiger partial charge in [0.05, 0.1) is 5.41 Å². The van der Waals surface area contributed by atoms with E-state index >= 15 is 0 Å². The van der Waals surface area contributed by atoms with Gasteiger partial charge < -0.3 is 4.90 Å². The maximum absolute atomic E-state index is 13.0. The Labute approximate surface area is 138 Å². The first-order valence-electron chi connectivity index (χ1n) is 8.11. The molecule has 1 aliphatic carbocycles. The molecule has 2 aromatic carbocycles. The fraction of sp³-hybridized carbons (Fsp3) is 0.286. The molecule has 23 heavy (non-hydrogen) atoms. The van der Waals surface area contributed by atoms with Gasteiger partial charge in [0.2, 0.25) is 0 Å². The highest BCUT2D eigenvalue weighted by Crippen LogP contribution is 2.41. The highest BCUT2D eigenvalue weighted by atomic mass is 16.1. The molecule has 0 bridgehead atoms. The van der Waals surface area contributed by atoms with Gasteiger partial charge >= 0.3 is 0 Å². The molecule has 1 saturated carbocycles. The molecule has 2 aromatic rings. The molecule has 3 rings (SSSR count). The fourth-order valence-electron chi connectivity index (χ4n) is 3.26. The van der Waals surface area contributed by atoms with Crippen LogP contribution in [0.2, 0.25) is 0 Å². The van der Waals surface area contributed by atoms with Crippen LogP contribution >= 0.6 is 0 Å². The molecule has 1 aliphatic rings. The first-order valence-corrected chi connectivity index (χ1v) is 8.11. The number of hydrogen-bond acceptors (Lipinski definition) is 2. The molecule has 0 spiro atoms. The molecule has 0 radical (unpaired) electrons. The third-order valence-corrected chi connectivity index (χ3v) is 4.89. The molecular weight excluding hydrogens is 282 g/mol. The lowest BCUT2D eigenvalue weighted by Gasteiger charge is -2.22. The lowest BCUT2D eigenvalue weighted by molar-refractivity contribution is -0.118. The third-order valence-electron chi connectivity index (χ3n) is 4.89. The molecule has 118 valence electrons. The van der Waals surface area contributed by atoms with E-state index < -0.39 is 5.41 Å². The summed E-state index contributed by atoms with van der Waals surface area (Å²) in [5.74, 6) is 0.254. The summed E-state index contributed by atoms with van der Waals surface area (Å²) < 4.78 is 0. The van der Waals surface area contributed by atoms with Crippen LogP contribution in [0.25, 0.3) is 0 Å². The molecule has 0 aromatic heterocycles. The van der Waals surface area contributed by atoms with E-state index in [0.29, 0.717) is 0 Å². The topological polar surface area (TPSA) is 20.3 Å². The van der Waals surface area contributed by atoms with E-state index in [1.165, 1.54) is 5.56 Å². The number of ketones is 1. The lowest BCUT2D eigenvalue weighted by atomic mass is 9.79. The first-order chi connectivity index (χ1) is 11.0. The minimum absolute atomic E-state index is 0.254. The summed E-state index contributed by atoms with van der Waals surface area (Å²) in [4.78, 5) is 15.0. The van der Waals surface area contributed by atoms with Crippen LogP contribution < -0.4 is 4.90 Å². The summed E-state index contributed by atoms with van der Waals surface area (Å²) in [7, 11) is 2.00. The Morgan fingerprint density at radius 3 is 2.35 bits per heavy atom. The van der Waals surface area contributed by atoms with Gasteiger partial charge in [-0.3, -0.25) is 4.79 Å². The van der Waals surface area contributed by atoms with Gasteiger partial charge in [-0.1, -0.05) is 48.0 Å². The van der Waals surface area contributed by atoms with Crippen LogP contribution in [0.4, 0.5) is 5.69 Å². The third kappa shape index (κ3) is 2.94. The van der Waals surface area contributed by atoms with Crippen molar-refractivity contribution < 1.29 is 4.79 Å². The van der Waals surface area contributed by atoms with Crippen molar-refractivity contribution in [2.75, 3.05) is 11.9 Å². The van der Waals surface area contributed by atoms with Gasteiger partial charge in [-0.2, -0.15) is 0 Å². The van der Waals surface area contributed by atoms with Crippen molar-refractivity contribution in [3.8, 4) is 0 Å². The van der Waals surface area contributed by atoms with Gasteiger partial charge in [0.15, 0.2) is 5.78 Å². The molecular formula is C21H23NO. The van der Waals surface area contributed by atoms with Crippen LogP contribution in [0.15, 0.2) is 66.4 Å². The smallest absolute Gasteiger partial charge is 0.170 e. The van der Waals surface area contributed by atoms with Crippen molar-refractivity contribution in [2.24, 2.45) is 0 Å². The summed E-state index contributed by atoms with van der Waals surface area (Å²) in [6.45, 7) is 4.14. The summed E-state index contributed by atoms with van der Waals surface area (Å²) in [6.07, 6.45) is 3.71. The van der Waals surface area contributed by atoms with E-state index in [1.54, 1.807) is 0 Å². The van der Waals surface area contributed by atoms with E-state index in [2.05, 4.69) is 50.2 Å². The number of Topliss-reactive ketones (excluding diaryl/α,β-unsaturated/α-hetero) is 1. The molecule has 1 atom stereocenters. The zero-order valence-corrected chi connectivity index (χ0v) is 14.0. The number of allylic oxidation sites excluding steroid dienone is 1. The van der Waals surface area contributed by atoms with Crippen LogP contribution in [0.3, 0.4) is 0 Å². The second kappa shape index (κ2) is 6.04. The molecule has 1 unspecified atom stereocenters. The maximum Gasteiger partial charge on any atom is 0.170 e. The quantitative estimate of drug-likeness (QED) is 0.770. The normalized spacial score (nSPS) is 22.6. The Balaban J connectivity index is 1.86. The number of hydrogen-bond donors (Lipinski definition) is 0. The number of para-hydroxylation sites is 1. The van der Waals surface area contributed by atoms with Crippen molar-refractivity contribution in [1.82, 2.24) is 0 Å². The van der Waals surface area contributed by atoms with E-state index in [0.717, 1.165) is 29.7 Å². The molecule has 2 nitrogen and oxygen atoms in total. The average Bonchev–Trinajstić information content (AvgIpc) is 2.86. The van der Waals surface area contributed by atoms with Gasteiger partial charge in [0, 0.05) is 24.5 Å². The lowest BCUT2D eigenvalue weighted by Crippen LogP contribution is -2.27. The summed E-state index contributed by atoms with van der Waals surface area (Å²) in [5, 5.41) is 0. The zero-order chi connectivity index (χ0) is 16.4.